The number of hydrogen-bond donors (Lipinski definition) is 3. The van der Waals surface area contributed by atoms with Gasteiger partial charge in [0.1, 0.15) is 10.8 Å². The van der Waals surface area contributed by atoms with E-state index in [0.717, 1.165) is 12.8 Å². The summed E-state index contributed by atoms with van der Waals surface area (Å²) in [4.78, 5) is 25.7. The van der Waals surface area contributed by atoms with Crippen molar-refractivity contribution in [1.29, 1.82) is 0 Å². The van der Waals surface area contributed by atoms with Gasteiger partial charge in [0, 0.05) is 18.6 Å². The van der Waals surface area contributed by atoms with Gasteiger partial charge >= 0.3 is 12.1 Å². The number of alkyl halides is 3. The Morgan fingerprint density at radius 3 is 2.33 bits per heavy atom. The minimum absolute atomic E-state index is 0.0711. The van der Waals surface area contributed by atoms with E-state index in [2.05, 4.69) is 4.98 Å². The molecule has 0 spiro atoms. The van der Waals surface area contributed by atoms with Crippen molar-refractivity contribution < 1.29 is 27.9 Å². The third-order valence-electron chi connectivity index (χ3n) is 3.38. The zero-order valence-electron chi connectivity index (χ0n) is 12.5. The van der Waals surface area contributed by atoms with Crippen LogP contribution in [-0.2, 0) is 4.79 Å². The molecule has 2 atom stereocenters. The monoisotopic (exact) mass is 389 g/mol. The molecule has 1 saturated heterocycles. The van der Waals surface area contributed by atoms with Crippen LogP contribution < -0.4 is 5.73 Å². The SMILES string of the molecule is CC1CC(N)CCN1C(=O)c1cc(Cl)c(Cl)[nH]1.O=C(O)C(F)(F)F. The highest BCUT2D eigenvalue weighted by atomic mass is 35.5. The van der Waals surface area contributed by atoms with Crippen LogP contribution in [0.15, 0.2) is 6.07 Å². The van der Waals surface area contributed by atoms with Gasteiger partial charge in [0.2, 0.25) is 0 Å². The van der Waals surface area contributed by atoms with Crippen LogP contribution in [0.25, 0.3) is 0 Å². The normalized spacial score (nSPS) is 21.0. The fourth-order valence-corrected chi connectivity index (χ4v) is 2.50. The third-order valence-corrected chi connectivity index (χ3v) is 4.07. The summed E-state index contributed by atoms with van der Waals surface area (Å²) >= 11 is 11.6. The number of carbonyl (C=O) groups is 2. The van der Waals surface area contributed by atoms with Gasteiger partial charge in [-0.25, -0.2) is 4.79 Å². The number of piperidine rings is 1. The number of nitrogens with one attached hydrogen (secondary N) is 1. The molecule has 0 saturated carbocycles. The van der Waals surface area contributed by atoms with E-state index in [1.54, 1.807) is 6.07 Å². The molecule has 0 aliphatic carbocycles. The Balaban J connectivity index is 0.000000351. The van der Waals surface area contributed by atoms with Crippen LogP contribution in [0.4, 0.5) is 13.2 Å². The first-order valence-corrected chi connectivity index (χ1v) is 7.59. The van der Waals surface area contributed by atoms with Gasteiger partial charge in [-0.3, -0.25) is 4.79 Å². The number of aliphatic carboxylic acids is 1. The van der Waals surface area contributed by atoms with Gasteiger partial charge in [-0.2, -0.15) is 13.2 Å². The number of nitrogens with zero attached hydrogens (tertiary/aromatic N) is 1. The Kier molecular flexibility index (Phi) is 6.94. The van der Waals surface area contributed by atoms with Crippen molar-refractivity contribution >= 4 is 35.1 Å². The maximum Gasteiger partial charge on any atom is 0.490 e. The Morgan fingerprint density at radius 1 is 1.42 bits per heavy atom. The van der Waals surface area contributed by atoms with Crippen molar-refractivity contribution in [2.75, 3.05) is 6.54 Å². The molecule has 24 heavy (non-hydrogen) atoms. The smallest absolute Gasteiger partial charge is 0.475 e. The van der Waals surface area contributed by atoms with Gasteiger partial charge in [0.15, 0.2) is 0 Å². The lowest BCUT2D eigenvalue weighted by molar-refractivity contribution is -0.192. The first kappa shape index (κ1) is 20.6. The molecule has 0 aromatic carbocycles. The van der Waals surface area contributed by atoms with Crippen LogP contribution in [0.2, 0.25) is 10.2 Å². The molecule has 1 aromatic heterocycles. The largest absolute Gasteiger partial charge is 0.490 e. The Morgan fingerprint density at radius 2 is 1.96 bits per heavy atom. The van der Waals surface area contributed by atoms with E-state index in [0.29, 0.717) is 22.4 Å². The maximum absolute atomic E-state index is 12.2. The molecule has 1 aromatic rings. The van der Waals surface area contributed by atoms with Gasteiger partial charge in [0.25, 0.3) is 5.91 Å². The molecule has 1 amide bonds. The lowest BCUT2D eigenvalue weighted by Crippen LogP contribution is -2.48. The third kappa shape index (κ3) is 5.57. The topological polar surface area (TPSA) is 99.4 Å². The summed E-state index contributed by atoms with van der Waals surface area (Å²) in [6.07, 6.45) is -3.42. The van der Waals surface area contributed by atoms with Crippen LogP contribution in [0.5, 0.6) is 0 Å². The summed E-state index contributed by atoms with van der Waals surface area (Å²) < 4.78 is 31.7. The molecule has 1 aliphatic heterocycles. The average molecular weight is 390 g/mol. The Labute approximate surface area is 145 Å². The second-order valence-corrected chi connectivity index (χ2v) is 6.07. The summed E-state index contributed by atoms with van der Waals surface area (Å²) in [5, 5.41) is 7.80. The predicted octanol–water partition coefficient (Wildman–Crippen LogP) is 2.91. The van der Waals surface area contributed by atoms with Gasteiger partial charge in [-0.15, -0.1) is 0 Å². The predicted molar refractivity (Wildman–Crippen MR) is 82.2 cm³/mol. The van der Waals surface area contributed by atoms with Crippen molar-refractivity contribution in [3.05, 3.63) is 21.9 Å². The molecule has 136 valence electrons. The first-order chi connectivity index (χ1) is 10.9. The van der Waals surface area contributed by atoms with E-state index in [-0.39, 0.29) is 18.0 Å². The molecule has 2 heterocycles. The van der Waals surface area contributed by atoms with E-state index in [4.69, 9.17) is 38.8 Å². The van der Waals surface area contributed by atoms with Gasteiger partial charge in [-0.05, 0) is 25.8 Å². The fourth-order valence-electron chi connectivity index (χ4n) is 2.18. The van der Waals surface area contributed by atoms with Crippen LogP contribution in [0.3, 0.4) is 0 Å². The zero-order valence-corrected chi connectivity index (χ0v) is 14.0. The van der Waals surface area contributed by atoms with Crippen LogP contribution in [0, 0.1) is 0 Å². The summed E-state index contributed by atoms with van der Waals surface area (Å²) in [5.74, 6) is -2.83. The maximum atomic E-state index is 12.2. The number of aromatic amines is 1. The van der Waals surface area contributed by atoms with Crippen LogP contribution in [-0.4, -0.2) is 51.7 Å². The van der Waals surface area contributed by atoms with E-state index in [1.165, 1.54) is 0 Å². The highest BCUT2D eigenvalue weighted by Gasteiger charge is 2.38. The molecular weight excluding hydrogens is 374 g/mol. The molecule has 6 nitrogen and oxygen atoms in total. The molecule has 0 bridgehead atoms. The minimum Gasteiger partial charge on any atom is -0.475 e. The number of halogens is 5. The number of rotatable bonds is 1. The molecule has 2 unspecified atom stereocenters. The standard InChI is InChI=1S/C11H15Cl2N3O.C2HF3O2/c1-6-4-7(14)2-3-16(6)11(17)9-5-8(12)10(13)15-9;3-2(4,5)1(6)7/h5-7,15H,2-4,14H2,1H3;(H,6,7). The second kappa shape index (κ2) is 8.09. The van der Waals surface area contributed by atoms with Crippen LogP contribution in [0.1, 0.15) is 30.3 Å². The van der Waals surface area contributed by atoms with Gasteiger partial charge in [0.05, 0.1) is 5.02 Å². The number of likely N-dealkylation sites (tertiary alicyclic amines) is 1. The molecular formula is C13H16Cl2F3N3O3. The lowest BCUT2D eigenvalue weighted by atomic mass is 9.99. The number of hydrogen-bond acceptors (Lipinski definition) is 3. The number of amides is 1. The minimum atomic E-state index is -5.08. The highest BCUT2D eigenvalue weighted by molar-refractivity contribution is 6.41. The number of nitrogens with two attached hydrogens (primary N) is 1. The summed E-state index contributed by atoms with van der Waals surface area (Å²) in [6, 6.07) is 1.89. The number of aromatic nitrogens is 1. The second-order valence-electron chi connectivity index (χ2n) is 5.28. The fraction of sp³-hybridized carbons (Fsp3) is 0.538. The van der Waals surface area contributed by atoms with Gasteiger partial charge < -0.3 is 20.7 Å². The first-order valence-electron chi connectivity index (χ1n) is 6.84. The number of carbonyl (C=O) groups excluding carboxylic acids is 1. The molecule has 1 fully saturated rings. The molecule has 11 heteroatoms. The Hall–Kier alpha value is -1.45. The highest BCUT2D eigenvalue weighted by Crippen LogP contribution is 2.24. The summed E-state index contributed by atoms with van der Waals surface area (Å²) in [7, 11) is 0. The van der Waals surface area contributed by atoms with Gasteiger partial charge in [-0.1, -0.05) is 23.2 Å². The summed E-state index contributed by atoms with van der Waals surface area (Å²) in [5.41, 5.74) is 6.30. The van der Waals surface area contributed by atoms with Crippen molar-refractivity contribution in [2.24, 2.45) is 5.73 Å². The van der Waals surface area contributed by atoms with Crippen molar-refractivity contribution in [3.8, 4) is 0 Å². The van der Waals surface area contributed by atoms with Crippen LogP contribution >= 0.6 is 23.2 Å². The average Bonchev–Trinajstić information content (AvgIpc) is 2.77. The number of carboxylic acid groups (broad SMARTS) is 1. The molecule has 4 N–H and O–H groups in total. The molecule has 0 radical (unpaired) electrons. The van der Waals surface area contributed by atoms with E-state index in [1.807, 2.05) is 11.8 Å². The molecule has 2 rings (SSSR count). The van der Waals surface area contributed by atoms with E-state index in [9.17, 15) is 18.0 Å². The zero-order chi connectivity index (χ0) is 18.7. The van der Waals surface area contributed by atoms with Crippen molar-refractivity contribution in [2.45, 2.75) is 38.0 Å². The quantitative estimate of drug-likeness (QED) is 0.687. The van der Waals surface area contributed by atoms with E-state index >= 15 is 0 Å². The lowest BCUT2D eigenvalue weighted by Gasteiger charge is -2.36. The number of H-pyrrole nitrogens is 1. The Bertz CT molecular complexity index is 588. The van der Waals surface area contributed by atoms with Crippen molar-refractivity contribution in [3.63, 3.8) is 0 Å². The number of carboxylic acids is 1. The van der Waals surface area contributed by atoms with Crippen molar-refractivity contribution in [1.82, 2.24) is 9.88 Å². The van der Waals surface area contributed by atoms with E-state index < -0.39 is 12.1 Å². The summed E-state index contributed by atoms with van der Waals surface area (Å²) in [6.45, 7) is 2.68. The molecule has 1 aliphatic rings.